The summed E-state index contributed by atoms with van der Waals surface area (Å²) in [5.74, 6) is 0.159. The van der Waals surface area contributed by atoms with Crippen molar-refractivity contribution in [3.05, 3.63) is 33.8 Å². The van der Waals surface area contributed by atoms with Crippen LogP contribution in [0.2, 0.25) is 10.0 Å². The first-order valence-electron chi connectivity index (χ1n) is 9.16. The number of rotatable bonds is 5. The third-order valence-electron chi connectivity index (χ3n) is 5.20. The van der Waals surface area contributed by atoms with Gasteiger partial charge < -0.3 is 9.64 Å². The highest BCUT2D eigenvalue weighted by molar-refractivity contribution is 6.42. The van der Waals surface area contributed by atoms with Gasteiger partial charge in [-0.2, -0.15) is 0 Å². The molecule has 1 amide bonds. The van der Waals surface area contributed by atoms with Crippen LogP contribution in [0, 0.1) is 0 Å². The third-order valence-corrected chi connectivity index (χ3v) is 5.94. The van der Waals surface area contributed by atoms with Crippen molar-refractivity contribution in [1.82, 2.24) is 14.7 Å². The average molecular weight is 428 g/mol. The zero-order valence-electron chi connectivity index (χ0n) is 15.7. The molecule has 2 fully saturated rings. The van der Waals surface area contributed by atoms with Gasteiger partial charge in [-0.25, -0.2) is 4.79 Å². The van der Waals surface area contributed by atoms with Crippen molar-refractivity contribution >= 4 is 40.9 Å². The van der Waals surface area contributed by atoms with Crippen LogP contribution in [0.25, 0.3) is 0 Å². The first-order chi connectivity index (χ1) is 13.4. The molecule has 9 heteroatoms. The lowest BCUT2D eigenvalue weighted by Crippen LogP contribution is -2.59. The summed E-state index contributed by atoms with van der Waals surface area (Å²) in [5, 5.41) is 0.747. The molecule has 152 valence electrons. The molecule has 7 nitrogen and oxygen atoms in total. The molecule has 3 rings (SSSR count). The quantitative estimate of drug-likeness (QED) is 0.670. The summed E-state index contributed by atoms with van der Waals surface area (Å²) in [4.78, 5) is 42.1. The van der Waals surface area contributed by atoms with Gasteiger partial charge in [0, 0.05) is 50.7 Å². The molecule has 0 N–H and O–H groups in total. The SMILES string of the molecule is COC(=O)N1CCN(CC(=O)c2ccc(Cl)c(Cl)c2)C(CN2CCC(=O)C2)C1. The Kier molecular flexibility index (Phi) is 6.93. The normalized spacial score (nSPS) is 21.2. The fourth-order valence-electron chi connectivity index (χ4n) is 3.66. The molecular formula is C19H23Cl2N3O4. The zero-order chi connectivity index (χ0) is 20.3. The highest BCUT2D eigenvalue weighted by Gasteiger charge is 2.33. The van der Waals surface area contributed by atoms with Crippen molar-refractivity contribution in [1.29, 1.82) is 0 Å². The standard InChI is InChI=1S/C19H23Cl2N3O4/c1-28-19(27)24-7-6-23(14(10-24)9-22-5-4-15(25)11-22)12-18(26)13-2-3-16(20)17(21)8-13/h2-3,8,14H,4-7,9-12H2,1H3. The highest BCUT2D eigenvalue weighted by atomic mass is 35.5. The molecule has 0 aliphatic carbocycles. The number of carbonyl (C=O) groups is 3. The summed E-state index contributed by atoms with van der Waals surface area (Å²) in [6.07, 6.45) is 0.174. The van der Waals surface area contributed by atoms with E-state index in [9.17, 15) is 14.4 Å². The maximum Gasteiger partial charge on any atom is 0.409 e. The van der Waals surface area contributed by atoms with Crippen molar-refractivity contribution in [2.24, 2.45) is 0 Å². The summed E-state index contributed by atoms with van der Waals surface area (Å²) in [5.41, 5.74) is 0.500. The number of ketones is 2. The van der Waals surface area contributed by atoms with Gasteiger partial charge in [-0.3, -0.25) is 19.4 Å². The predicted molar refractivity (Wildman–Crippen MR) is 106 cm³/mol. The number of hydrogen-bond donors (Lipinski definition) is 0. The van der Waals surface area contributed by atoms with Crippen LogP contribution in [0.1, 0.15) is 16.8 Å². The summed E-state index contributed by atoms with van der Waals surface area (Å²) in [7, 11) is 1.36. The molecule has 0 saturated carbocycles. The number of halogens is 2. The lowest BCUT2D eigenvalue weighted by atomic mass is 10.1. The predicted octanol–water partition coefficient (Wildman–Crippen LogP) is 2.20. The highest BCUT2D eigenvalue weighted by Crippen LogP contribution is 2.23. The Balaban J connectivity index is 1.70. The number of Topliss-reactive ketones (excluding diaryl/α,β-unsaturated/α-hetero) is 2. The van der Waals surface area contributed by atoms with E-state index in [2.05, 4.69) is 9.80 Å². The number of nitrogens with zero attached hydrogens (tertiary/aromatic N) is 3. The number of piperazine rings is 1. The van der Waals surface area contributed by atoms with Crippen LogP contribution in [-0.2, 0) is 9.53 Å². The molecule has 1 aromatic carbocycles. The van der Waals surface area contributed by atoms with Crippen LogP contribution >= 0.6 is 23.2 Å². The van der Waals surface area contributed by atoms with Gasteiger partial charge in [-0.1, -0.05) is 23.2 Å². The van der Waals surface area contributed by atoms with Crippen molar-refractivity contribution < 1.29 is 19.1 Å². The number of carbonyl (C=O) groups excluding carboxylic acids is 3. The number of benzene rings is 1. The first kappa shape index (κ1) is 21.0. The fraction of sp³-hybridized carbons (Fsp3) is 0.526. The molecule has 28 heavy (non-hydrogen) atoms. The number of methoxy groups -OCH3 is 1. The molecule has 1 aromatic rings. The lowest BCUT2D eigenvalue weighted by Gasteiger charge is -2.41. The van der Waals surface area contributed by atoms with E-state index in [1.807, 2.05) is 0 Å². The van der Waals surface area contributed by atoms with Gasteiger partial charge in [0.25, 0.3) is 0 Å². The molecule has 0 spiro atoms. The molecule has 0 aromatic heterocycles. The molecule has 0 radical (unpaired) electrons. The Morgan fingerprint density at radius 3 is 2.61 bits per heavy atom. The van der Waals surface area contributed by atoms with Crippen LogP contribution in [0.3, 0.4) is 0 Å². The molecule has 1 atom stereocenters. The van der Waals surface area contributed by atoms with Gasteiger partial charge in [0.2, 0.25) is 0 Å². The molecular weight excluding hydrogens is 405 g/mol. The summed E-state index contributed by atoms with van der Waals surface area (Å²) in [6, 6.07) is 4.78. The second-order valence-corrected chi connectivity index (χ2v) is 7.93. The molecule has 2 aliphatic rings. The lowest BCUT2D eigenvalue weighted by molar-refractivity contribution is -0.117. The van der Waals surface area contributed by atoms with E-state index in [-0.39, 0.29) is 30.2 Å². The maximum atomic E-state index is 12.8. The van der Waals surface area contributed by atoms with Crippen molar-refractivity contribution in [3.8, 4) is 0 Å². The van der Waals surface area contributed by atoms with Crippen molar-refractivity contribution in [2.75, 3.05) is 52.9 Å². The number of ether oxygens (including phenoxy) is 1. The minimum absolute atomic E-state index is 0.0624. The number of hydrogen-bond acceptors (Lipinski definition) is 6. The minimum Gasteiger partial charge on any atom is -0.453 e. The van der Waals surface area contributed by atoms with E-state index in [4.69, 9.17) is 27.9 Å². The van der Waals surface area contributed by atoms with E-state index < -0.39 is 0 Å². The summed E-state index contributed by atoms with van der Waals surface area (Å²) < 4.78 is 4.84. The van der Waals surface area contributed by atoms with Crippen LogP contribution < -0.4 is 0 Å². The molecule has 2 aliphatic heterocycles. The van der Waals surface area contributed by atoms with Gasteiger partial charge in [-0.05, 0) is 18.2 Å². The van der Waals surface area contributed by atoms with Crippen molar-refractivity contribution in [3.63, 3.8) is 0 Å². The number of likely N-dealkylation sites (tertiary alicyclic amines) is 1. The second-order valence-electron chi connectivity index (χ2n) is 7.12. The van der Waals surface area contributed by atoms with E-state index in [0.29, 0.717) is 61.3 Å². The Morgan fingerprint density at radius 2 is 1.96 bits per heavy atom. The zero-order valence-corrected chi connectivity index (χ0v) is 17.2. The Hall–Kier alpha value is -1.67. The topological polar surface area (TPSA) is 70.2 Å². The van der Waals surface area contributed by atoms with Crippen LogP contribution in [0.5, 0.6) is 0 Å². The molecule has 2 saturated heterocycles. The first-order valence-corrected chi connectivity index (χ1v) is 9.92. The van der Waals surface area contributed by atoms with Gasteiger partial charge in [0.05, 0.1) is 30.2 Å². The van der Waals surface area contributed by atoms with Crippen LogP contribution in [0.4, 0.5) is 4.79 Å². The Bertz CT molecular complexity index is 774. The molecule has 1 unspecified atom stereocenters. The van der Waals surface area contributed by atoms with Crippen LogP contribution in [0.15, 0.2) is 18.2 Å². The van der Waals surface area contributed by atoms with E-state index in [0.717, 1.165) is 0 Å². The fourth-order valence-corrected chi connectivity index (χ4v) is 3.96. The van der Waals surface area contributed by atoms with Crippen LogP contribution in [-0.4, -0.2) is 91.3 Å². The van der Waals surface area contributed by atoms with E-state index >= 15 is 0 Å². The monoisotopic (exact) mass is 427 g/mol. The Morgan fingerprint density at radius 1 is 1.18 bits per heavy atom. The molecule has 2 heterocycles. The smallest absolute Gasteiger partial charge is 0.409 e. The largest absolute Gasteiger partial charge is 0.453 e. The van der Waals surface area contributed by atoms with Gasteiger partial charge >= 0.3 is 6.09 Å². The van der Waals surface area contributed by atoms with E-state index in [1.54, 1.807) is 23.1 Å². The number of amides is 1. The average Bonchev–Trinajstić information content (AvgIpc) is 3.09. The van der Waals surface area contributed by atoms with Gasteiger partial charge in [-0.15, -0.1) is 0 Å². The van der Waals surface area contributed by atoms with Crippen molar-refractivity contribution in [2.45, 2.75) is 12.5 Å². The maximum absolute atomic E-state index is 12.8. The van der Waals surface area contributed by atoms with E-state index in [1.165, 1.54) is 7.11 Å². The minimum atomic E-state index is -0.377. The third kappa shape index (κ3) is 5.03. The molecule has 0 bridgehead atoms. The van der Waals surface area contributed by atoms with Gasteiger partial charge in [0.15, 0.2) is 5.78 Å². The summed E-state index contributed by atoms with van der Waals surface area (Å²) >= 11 is 12.0. The Labute approximate surface area is 174 Å². The summed E-state index contributed by atoms with van der Waals surface area (Å²) in [6.45, 7) is 3.44. The van der Waals surface area contributed by atoms with Gasteiger partial charge in [0.1, 0.15) is 5.78 Å². The second kappa shape index (κ2) is 9.22.